The van der Waals surface area contributed by atoms with Crippen LogP contribution in [0, 0.1) is 0 Å². The summed E-state index contributed by atoms with van der Waals surface area (Å²) in [7, 11) is -5.64. The highest BCUT2D eigenvalue weighted by Crippen LogP contribution is 2.44. The third-order valence-corrected chi connectivity index (χ3v) is 6.11. The molecule has 2 aliphatic rings. The molecule has 2 atom stereocenters. The van der Waals surface area contributed by atoms with E-state index in [4.69, 9.17) is 0 Å². The van der Waals surface area contributed by atoms with Crippen molar-refractivity contribution >= 4 is 10.1 Å². The van der Waals surface area contributed by atoms with Crippen LogP contribution in [0.25, 0.3) is 0 Å². The predicted molar refractivity (Wildman–Crippen MR) is 88.0 cm³/mol. The zero-order chi connectivity index (χ0) is 18.2. The molecule has 0 N–H and O–H groups in total. The molecule has 1 aliphatic carbocycles. The van der Waals surface area contributed by atoms with Crippen molar-refractivity contribution in [2.45, 2.75) is 56.5 Å². The minimum Gasteiger partial charge on any atom is -0.376 e. The fourth-order valence-corrected chi connectivity index (χ4v) is 4.66. The van der Waals surface area contributed by atoms with Crippen molar-refractivity contribution in [3.8, 4) is 5.75 Å². The van der Waals surface area contributed by atoms with E-state index < -0.39 is 15.6 Å². The Balaban J connectivity index is 1.92. The lowest BCUT2D eigenvalue weighted by molar-refractivity contribution is -0.0500. The van der Waals surface area contributed by atoms with Crippen LogP contribution in [0.3, 0.4) is 0 Å². The minimum absolute atomic E-state index is 0.180. The molecule has 0 spiro atoms. The fraction of sp³-hybridized carbons (Fsp3) is 0.647. The molecule has 1 heterocycles. The lowest BCUT2D eigenvalue weighted by atomic mass is 9.74. The summed E-state index contributed by atoms with van der Waals surface area (Å²) in [6.07, 6.45) is 4.40. The molecule has 25 heavy (non-hydrogen) atoms. The van der Waals surface area contributed by atoms with Crippen LogP contribution in [0.1, 0.15) is 49.7 Å². The Morgan fingerprint density at radius 3 is 2.72 bits per heavy atom. The second-order valence-electron chi connectivity index (χ2n) is 6.70. The highest BCUT2D eigenvalue weighted by atomic mass is 32.2. The van der Waals surface area contributed by atoms with E-state index in [-0.39, 0.29) is 11.7 Å². The molecule has 0 amide bonds. The summed E-state index contributed by atoms with van der Waals surface area (Å²) in [5.74, 6) is 0.0436. The molecule has 1 aromatic carbocycles. The van der Waals surface area contributed by atoms with E-state index in [2.05, 4.69) is 16.0 Å². The van der Waals surface area contributed by atoms with Crippen molar-refractivity contribution in [1.29, 1.82) is 0 Å². The predicted octanol–water partition coefficient (Wildman–Crippen LogP) is 3.82. The van der Waals surface area contributed by atoms with E-state index in [1.54, 1.807) is 6.07 Å². The van der Waals surface area contributed by atoms with Crippen LogP contribution in [-0.2, 0) is 16.5 Å². The minimum atomic E-state index is -5.64. The van der Waals surface area contributed by atoms with Gasteiger partial charge in [0.15, 0.2) is 0 Å². The average Bonchev–Trinajstić information content (AvgIpc) is 2.54. The van der Waals surface area contributed by atoms with Gasteiger partial charge in [0.1, 0.15) is 5.75 Å². The molecule has 1 aromatic rings. The summed E-state index contributed by atoms with van der Waals surface area (Å²) in [5.41, 5.74) is -3.88. The van der Waals surface area contributed by atoms with Gasteiger partial charge in [-0.25, -0.2) is 0 Å². The lowest BCUT2D eigenvalue weighted by Crippen LogP contribution is -2.46. The number of likely N-dealkylation sites (tertiary alicyclic amines) is 1. The maximum atomic E-state index is 12.6. The largest absolute Gasteiger partial charge is 0.534 e. The smallest absolute Gasteiger partial charge is 0.376 e. The number of fused-ring (bicyclic) bond motifs is 3. The first-order valence-electron chi connectivity index (χ1n) is 8.61. The van der Waals surface area contributed by atoms with E-state index in [1.807, 2.05) is 6.07 Å². The van der Waals surface area contributed by atoms with E-state index in [9.17, 15) is 21.6 Å². The zero-order valence-electron chi connectivity index (χ0n) is 14.1. The van der Waals surface area contributed by atoms with Gasteiger partial charge in [-0.3, -0.25) is 4.90 Å². The summed E-state index contributed by atoms with van der Waals surface area (Å²) in [6, 6.07) is 5.17. The third-order valence-electron chi connectivity index (χ3n) is 5.15. The van der Waals surface area contributed by atoms with Crippen LogP contribution in [0.2, 0.25) is 0 Å². The first-order valence-corrected chi connectivity index (χ1v) is 10.0. The SMILES string of the molecule is CCCN1CCC[C@@H]2c3cccc(OS(=O)(=O)C(F)(F)F)c3CC[C@H]21. The summed E-state index contributed by atoms with van der Waals surface area (Å²) in [5, 5.41) is 0. The Morgan fingerprint density at radius 1 is 1.28 bits per heavy atom. The van der Waals surface area contributed by atoms with Crippen LogP contribution < -0.4 is 4.18 Å². The van der Waals surface area contributed by atoms with Gasteiger partial charge in [-0.15, -0.1) is 0 Å². The van der Waals surface area contributed by atoms with Gasteiger partial charge in [0.25, 0.3) is 0 Å². The molecule has 0 unspecified atom stereocenters. The van der Waals surface area contributed by atoms with Gasteiger partial charge in [0.05, 0.1) is 0 Å². The van der Waals surface area contributed by atoms with Gasteiger partial charge >= 0.3 is 15.6 Å². The van der Waals surface area contributed by atoms with Crippen molar-refractivity contribution < 1.29 is 25.8 Å². The second-order valence-corrected chi connectivity index (χ2v) is 8.24. The molecule has 4 nitrogen and oxygen atoms in total. The molecule has 0 saturated carbocycles. The Labute approximate surface area is 146 Å². The molecule has 0 radical (unpaired) electrons. The Kier molecular flexibility index (Phi) is 5.03. The second kappa shape index (κ2) is 6.79. The molecule has 8 heteroatoms. The number of alkyl halides is 3. The van der Waals surface area contributed by atoms with Crippen LogP contribution in [0.5, 0.6) is 5.75 Å². The van der Waals surface area contributed by atoms with Crippen molar-refractivity contribution in [3.05, 3.63) is 29.3 Å². The number of nitrogens with zero attached hydrogens (tertiary/aromatic N) is 1. The van der Waals surface area contributed by atoms with Crippen molar-refractivity contribution in [2.24, 2.45) is 0 Å². The Hall–Kier alpha value is -1.28. The van der Waals surface area contributed by atoms with E-state index in [0.717, 1.165) is 44.3 Å². The third kappa shape index (κ3) is 3.51. The molecule has 3 rings (SSSR count). The van der Waals surface area contributed by atoms with E-state index >= 15 is 0 Å². The summed E-state index contributed by atoms with van der Waals surface area (Å²) >= 11 is 0. The Bertz CT molecular complexity index is 731. The van der Waals surface area contributed by atoms with Crippen molar-refractivity contribution in [2.75, 3.05) is 13.1 Å². The Morgan fingerprint density at radius 2 is 2.04 bits per heavy atom. The quantitative estimate of drug-likeness (QED) is 0.591. The highest BCUT2D eigenvalue weighted by Gasteiger charge is 2.49. The summed E-state index contributed by atoms with van der Waals surface area (Å²) in [6.45, 7) is 4.19. The molecule has 1 aliphatic heterocycles. The first-order chi connectivity index (χ1) is 11.7. The molecular weight excluding hydrogens is 355 g/mol. The number of piperidine rings is 1. The number of hydrogen-bond acceptors (Lipinski definition) is 4. The fourth-order valence-electron chi connectivity index (χ4n) is 4.17. The number of hydrogen-bond donors (Lipinski definition) is 0. The number of halogens is 3. The number of benzene rings is 1. The normalized spacial score (nSPS) is 24.5. The monoisotopic (exact) mass is 377 g/mol. The van der Waals surface area contributed by atoms with Gasteiger partial charge in [-0.05, 0) is 68.3 Å². The van der Waals surface area contributed by atoms with Crippen LogP contribution in [-0.4, -0.2) is 38.0 Å². The number of rotatable bonds is 4. The zero-order valence-corrected chi connectivity index (χ0v) is 14.9. The summed E-state index contributed by atoms with van der Waals surface area (Å²) in [4.78, 5) is 2.46. The molecule has 0 aromatic heterocycles. The van der Waals surface area contributed by atoms with E-state index in [1.165, 1.54) is 6.07 Å². The molecular formula is C17H22F3NO3S. The first kappa shape index (κ1) is 18.5. The van der Waals surface area contributed by atoms with Crippen LogP contribution in [0.15, 0.2) is 18.2 Å². The molecule has 0 bridgehead atoms. The van der Waals surface area contributed by atoms with E-state index in [0.29, 0.717) is 18.0 Å². The lowest BCUT2D eigenvalue weighted by Gasteiger charge is -2.45. The van der Waals surface area contributed by atoms with Gasteiger partial charge in [0, 0.05) is 6.04 Å². The average molecular weight is 377 g/mol. The standard InChI is InChI=1S/C17H22F3NO3S/c1-2-10-21-11-4-6-13-12-5-3-7-16(14(12)8-9-15(13)21)24-25(22,23)17(18,19)20/h3,5,7,13,15H,2,4,6,8-11H2,1H3/t13-,15-/m1/s1. The van der Waals surface area contributed by atoms with Crippen molar-refractivity contribution in [1.82, 2.24) is 4.90 Å². The van der Waals surface area contributed by atoms with Gasteiger partial charge < -0.3 is 4.18 Å². The summed E-state index contributed by atoms with van der Waals surface area (Å²) < 4.78 is 65.1. The topological polar surface area (TPSA) is 46.6 Å². The van der Waals surface area contributed by atoms with Gasteiger partial charge in [-0.1, -0.05) is 19.1 Å². The maximum Gasteiger partial charge on any atom is 0.534 e. The van der Waals surface area contributed by atoms with Crippen molar-refractivity contribution in [3.63, 3.8) is 0 Å². The van der Waals surface area contributed by atoms with Crippen LogP contribution in [0.4, 0.5) is 13.2 Å². The molecule has 1 saturated heterocycles. The van der Waals surface area contributed by atoms with Gasteiger partial charge in [-0.2, -0.15) is 21.6 Å². The maximum absolute atomic E-state index is 12.6. The highest BCUT2D eigenvalue weighted by molar-refractivity contribution is 7.88. The molecule has 1 fully saturated rings. The van der Waals surface area contributed by atoms with Crippen LogP contribution >= 0.6 is 0 Å². The van der Waals surface area contributed by atoms with Gasteiger partial charge in [0.2, 0.25) is 0 Å². The molecule has 140 valence electrons.